The van der Waals surface area contributed by atoms with Crippen LogP contribution < -0.4 is 5.73 Å². The fraction of sp³-hybridized carbons (Fsp3) is 0.533. The molecule has 0 heterocycles. The first-order valence-corrected chi connectivity index (χ1v) is 6.70. The molecule has 0 aliphatic heterocycles. The van der Waals surface area contributed by atoms with Gasteiger partial charge in [0.1, 0.15) is 0 Å². The molecule has 1 rings (SSSR count). The molecule has 18 heavy (non-hydrogen) atoms. The molecule has 0 bridgehead atoms. The zero-order valence-electron chi connectivity index (χ0n) is 11.3. The molecule has 0 aromatic heterocycles. The number of rotatable bonds is 7. The Morgan fingerprint density at radius 1 is 1.28 bits per heavy atom. The number of nitrogens with two attached hydrogens (primary N) is 1. The van der Waals surface area contributed by atoms with Crippen molar-refractivity contribution >= 4 is 11.7 Å². The molecule has 3 nitrogen and oxygen atoms in total. The van der Waals surface area contributed by atoms with E-state index in [1.54, 1.807) is 24.3 Å². The Bertz CT molecular complexity index is 377. The van der Waals surface area contributed by atoms with E-state index in [1.807, 2.05) is 6.92 Å². The van der Waals surface area contributed by atoms with Gasteiger partial charge in [0.2, 0.25) is 0 Å². The standard InChI is InChI=1S/C15H23NO2/c1-3-4-5-6-9-12(2)18-15(17)13-10-7-8-11-14(13)16/h7-8,10-12H,3-6,9,16H2,1-2H3. The Kier molecular flexibility index (Phi) is 6.26. The Morgan fingerprint density at radius 2 is 2.00 bits per heavy atom. The lowest BCUT2D eigenvalue weighted by atomic mass is 10.1. The van der Waals surface area contributed by atoms with Crippen molar-refractivity contribution in [2.45, 2.75) is 52.1 Å². The summed E-state index contributed by atoms with van der Waals surface area (Å²) in [5.74, 6) is -0.323. The molecule has 3 heteroatoms. The number of carbonyl (C=O) groups excluding carboxylic acids is 1. The molecule has 0 saturated heterocycles. The summed E-state index contributed by atoms with van der Waals surface area (Å²) in [6.07, 6.45) is 5.63. The lowest BCUT2D eigenvalue weighted by Crippen LogP contribution is -2.16. The summed E-state index contributed by atoms with van der Waals surface area (Å²) >= 11 is 0. The van der Waals surface area contributed by atoms with Gasteiger partial charge in [0.25, 0.3) is 0 Å². The second-order valence-corrected chi connectivity index (χ2v) is 4.65. The van der Waals surface area contributed by atoms with Crippen molar-refractivity contribution in [3.63, 3.8) is 0 Å². The van der Waals surface area contributed by atoms with Crippen LogP contribution in [-0.2, 0) is 4.74 Å². The molecule has 1 aromatic rings. The highest BCUT2D eigenvalue weighted by molar-refractivity contribution is 5.95. The van der Waals surface area contributed by atoms with Crippen LogP contribution in [0.4, 0.5) is 5.69 Å². The van der Waals surface area contributed by atoms with Crippen LogP contribution in [0.5, 0.6) is 0 Å². The van der Waals surface area contributed by atoms with Gasteiger partial charge >= 0.3 is 5.97 Å². The summed E-state index contributed by atoms with van der Waals surface area (Å²) in [5, 5.41) is 0. The summed E-state index contributed by atoms with van der Waals surface area (Å²) < 4.78 is 5.38. The second-order valence-electron chi connectivity index (χ2n) is 4.65. The maximum Gasteiger partial charge on any atom is 0.340 e. The normalized spacial score (nSPS) is 12.1. The monoisotopic (exact) mass is 249 g/mol. The van der Waals surface area contributed by atoms with Crippen LogP contribution in [0, 0.1) is 0 Å². The molecular formula is C15H23NO2. The summed E-state index contributed by atoms with van der Waals surface area (Å²) in [6.45, 7) is 4.12. The highest BCUT2D eigenvalue weighted by atomic mass is 16.5. The van der Waals surface area contributed by atoms with Gasteiger partial charge in [-0.2, -0.15) is 0 Å². The Morgan fingerprint density at radius 3 is 2.67 bits per heavy atom. The number of nitrogen functional groups attached to an aromatic ring is 1. The van der Waals surface area contributed by atoms with E-state index in [-0.39, 0.29) is 12.1 Å². The van der Waals surface area contributed by atoms with E-state index < -0.39 is 0 Å². The molecule has 1 atom stereocenters. The number of esters is 1. The quantitative estimate of drug-likeness (QED) is 0.454. The van der Waals surface area contributed by atoms with Gasteiger partial charge in [0, 0.05) is 5.69 Å². The Hall–Kier alpha value is -1.51. The maximum atomic E-state index is 11.9. The fourth-order valence-electron chi connectivity index (χ4n) is 1.85. The average molecular weight is 249 g/mol. The molecule has 0 saturated carbocycles. The summed E-state index contributed by atoms with van der Waals surface area (Å²) in [6, 6.07) is 7.00. The molecular weight excluding hydrogens is 226 g/mol. The van der Waals surface area contributed by atoms with Crippen LogP contribution in [0.25, 0.3) is 0 Å². The predicted octanol–water partition coefficient (Wildman–Crippen LogP) is 3.78. The largest absolute Gasteiger partial charge is 0.459 e. The van der Waals surface area contributed by atoms with Crippen molar-refractivity contribution in [2.75, 3.05) is 5.73 Å². The first-order valence-electron chi connectivity index (χ1n) is 6.70. The van der Waals surface area contributed by atoms with E-state index in [9.17, 15) is 4.79 Å². The molecule has 0 amide bonds. The molecule has 0 radical (unpaired) electrons. The zero-order chi connectivity index (χ0) is 13.4. The lowest BCUT2D eigenvalue weighted by Gasteiger charge is -2.13. The summed E-state index contributed by atoms with van der Waals surface area (Å²) in [5.41, 5.74) is 6.67. The molecule has 0 aliphatic carbocycles. The number of benzene rings is 1. The number of unbranched alkanes of at least 4 members (excludes halogenated alkanes) is 3. The van der Waals surface area contributed by atoms with Crippen molar-refractivity contribution in [3.05, 3.63) is 29.8 Å². The summed E-state index contributed by atoms with van der Waals surface area (Å²) in [4.78, 5) is 11.9. The minimum atomic E-state index is -0.323. The number of hydrogen-bond acceptors (Lipinski definition) is 3. The molecule has 0 spiro atoms. The number of anilines is 1. The van der Waals surface area contributed by atoms with Crippen molar-refractivity contribution < 1.29 is 9.53 Å². The number of para-hydroxylation sites is 1. The molecule has 1 aromatic carbocycles. The van der Waals surface area contributed by atoms with Crippen LogP contribution in [0.15, 0.2) is 24.3 Å². The minimum Gasteiger partial charge on any atom is -0.459 e. The lowest BCUT2D eigenvalue weighted by molar-refractivity contribution is 0.0320. The topological polar surface area (TPSA) is 52.3 Å². The van der Waals surface area contributed by atoms with Crippen LogP contribution >= 0.6 is 0 Å². The first kappa shape index (κ1) is 14.6. The predicted molar refractivity (Wildman–Crippen MR) is 74.5 cm³/mol. The van der Waals surface area contributed by atoms with E-state index in [0.29, 0.717) is 11.3 Å². The maximum absolute atomic E-state index is 11.9. The van der Waals surface area contributed by atoms with Crippen LogP contribution in [0.3, 0.4) is 0 Å². The van der Waals surface area contributed by atoms with Crippen molar-refractivity contribution in [3.8, 4) is 0 Å². The molecule has 2 N–H and O–H groups in total. The SMILES string of the molecule is CCCCCCC(C)OC(=O)c1ccccc1N. The third kappa shape index (κ3) is 4.78. The minimum absolute atomic E-state index is 0.0473. The van der Waals surface area contributed by atoms with Gasteiger partial charge in [-0.05, 0) is 31.9 Å². The molecule has 0 fully saturated rings. The third-order valence-electron chi connectivity index (χ3n) is 2.95. The van der Waals surface area contributed by atoms with Crippen LogP contribution in [-0.4, -0.2) is 12.1 Å². The highest BCUT2D eigenvalue weighted by Crippen LogP contribution is 2.15. The smallest absolute Gasteiger partial charge is 0.340 e. The molecule has 0 aliphatic rings. The molecule has 1 unspecified atom stereocenters. The fourth-order valence-corrected chi connectivity index (χ4v) is 1.85. The first-order chi connectivity index (χ1) is 8.65. The summed E-state index contributed by atoms with van der Waals surface area (Å²) in [7, 11) is 0. The van der Waals surface area contributed by atoms with E-state index in [0.717, 1.165) is 12.8 Å². The number of ether oxygens (including phenoxy) is 1. The van der Waals surface area contributed by atoms with Gasteiger partial charge in [-0.3, -0.25) is 0 Å². The van der Waals surface area contributed by atoms with Gasteiger partial charge in [-0.25, -0.2) is 4.79 Å². The van der Waals surface area contributed by atoms with Crippen LogP contribution in [0.2, 0.25) is 0 Å². The van der Waals surface area contributed by atoms with E-state index >= 15 is 0 Å². The number of hydrogen-bond donors (Lipinski definition) is 1. The van der Waals surface area contributed by atoms with Gasteiger partial charge in [0.05, 0.1) is 11.7 Å². The van der Waals surface area contributed by atoms with Gasteiger partial charge in [-0.15, -0.1) is 0 Å². The molecule has 100 valence electrons. The van der Waals surface area contributed by atoms with Crippen LogP contribution in [0.1, 0.15) is 56.3 Å². The van der Waals surface area contributed by atoms with E-state index in [2.05, 4.69) is 6.92 Å². The van der Waals surface area contributed by atoms with Crippen molar-refractivity contribution in [2.24, 2.45) is 0 Å². The highest BCUT2D eigenvalue weighted by Gasteiger charge is 2.13. The van der Waals surface area contributed by atoms with Crippen molar-refractivity contribution in [1.82, 2.24) is 0 Å². The Balaban J connectivity index is 2.38. The van der Waals surface area contributed by atoms with E-state index in [1.165, 1.54) is 19.3 Å². The third-order valence-corrected chi connectivity index (χ3v) is 2.95. The van der Waals surface area contributed by atoms with E-state index in [4.69, 9.17) is 10.5 Å². The number of carbonyl (C=O) groups is 1. The Labute approximate surface area is 109 Å². The van der Waals surface area contributed by atoms with Gasteiger partial charge in [0.15, 0.2) is 0 Å². The van der Waals surface area contributed by atoms with Crippen molar-refractivity contribution in [1.29, 1.82) is 0 Å². The average Bonchev–Trinajstić information content (AvgIpc) is 2.35. The zero-order valence-corrected chi connectivity index (χ0v) is 11.3. The second kappa shape index (κ2) is 7.75. The van der Waals surface area contributed by atoms with Gasteiger partial charge in [-0.1, -0.05) is 38.3 Å². The van der Waals surface area contributed by atoms with Gasteiger partial charge < -0.3 is 10.5 Å².